The van der Waals surface area contributed by atoms with Gasteiger partial charge < -0.3 is 25.4 Å². The van der Waals surface area contributed by atoms with E-state index in [4.69, 9.17) is 9.47 Å². The Labute approximate surface area is 249 Å². The molecule has 0 aromatic heterocycles. The first kappa shape index (κ1) is 30.0. The lowest BCUT2D eigenvalue weighted by molar-refractivity contribution is -0.114. The lowest BCUT2D eigenvalue weighted by Gasteiger charge is -2.13. The van der Waals surface area contributed by atoms with Crippen LogP contribution in [0.25, 0.3) is 6.08 Å². The van der Waals surface area contributed by atoms with Crippen LogP contribution in [-0.4, -0.2) is 37.2 Å². The third-order valence-corrected chi connectivity index (χ3v) is 6.92. The molecular formula is C33H31N3O5S. The SMILES string of the molecule is CCOc1ccccc1/C=C(\NC(=O)c1ccccc1)C(=O)Nc1ccc(SCC(=O)Nc2ccccc2OC)cc1. The number of amides is 3. The Hall–Kier alpha value is -5.02. The second-order valence-electron chi connectivity index (χ2n) is 8.86. The molecule has 0 radical (unpaired) electrons. The lowest BCUT2D eigenvalue weighted by atomic mass is 10.1. The Morgan fingerprint density at radius 2 is 1.45 bits per heavy atom. The predicted octanol–water partition coefficient (Wildman–Crippen LogP) is 6.23. The Balaban J connectivity index is 1.44. The Bertz CT molecular complexity index is 1560. The van der Waals surface area contributed by atoms with Crippen LogP contribution in [0.4, 0.5) is 11.4 Å². The minimum Gasteiger partial charge on any atom is -0.495 e. The highest BCUT2D eigenvalue weighted by Gasteiger charge is 2.16. The van der Waals surface area contributed by atoms with E-state index in [0.29, 0.717) is 40.6 Å². The second kappa shape index (κ2) is 15.1. The van der Waals surface area contributed by atoms with Crippen LogP contribution >= 0.6 is 11.8 Å². The van der Waals surface area contributed by atoms with E-state index in [-0.39, 0.29) is 17.4 Å². The fraction of sp³-hybridized carbons (Fsp3) is 0.121. The molecule has 3 amide bonds. The highest BCUT2D eigenvalue weighted by atomic mass is 32.2. The summed E-state index contributed by atoms with van der Waals surface area (Å²) in [5, 5.41) is 8.43. The van der Waals surface area contributed by atoms with E-state index in [0.717, 1.165) is 4.90 Å². The topological polar surface area (TPSA) is 106 Å². The molecule has 0 aliphatic heterocycles. The summed E-state index contributed by atoms with van der Waals surface area (Å²) < 4.78 is 11.0. The summed E-state index contributed by atoms with van der Waals surface area (Å²) in [7, 11) is 1.55. The maximum atomic E-state index is 13.4. The van der Waals surface area contributed by atoms with Crippen LogP contribution < -0.4 is 25.4 Å². The van der Waals surface area contributed by atoms with Gasteiger partial charge in [0.2, 0.25) is 5.91 Å². The third kappa shape index (κ3) is 8.49. The van der Waals surface area contributed by atoms with E-state index in [1.807, 2.05) is 55.5 Å². The van der Waals surface area contributed by atoms with Crippen molar-refractivity contribution in [1.29, 1.82) is 0 Å². The maximum absolute atomic E-state index is 13.4. The van der Waals surface area contributed by atoms with Gasteiger partial charge in [0.1, 0.15) is 17.2 Å². The molecule has 0 saturated carbocycles. The van der Waals surface area contributed by atoms with Crippen LogP contribution in [0.3, 0.4) is 0 Å². The quantitative estimate of drug-likeness (QED) is 0.135. The van der Waals surface area contributed by atoms with Gasteiger partial charge in [-0.3, -0.25) is 14.4 Å². The molecule has 9 heteroatoms. The first-order chi connectivity index (χ1) is 20.5. The van der Waals surface area contributed by atoms with Gasteiger partial charge in [-0.25, -0.2) is 0 Å². The predicted molar refractivity (Wildman–Crippen MR) is 167 cm³/mol. The molecule has 0 saturated heterocycles. The molecule has 4 rings (SSSR count). The number of rotatable bonds is 12. The molecule has 4 aromatic rings. The molecule has 8 nitrogen and oxygen atoms in total. The molecule has 0 unspecified atom stereocenters. The lowest BCUT2D eigenvalue weighted by Crippen LogP contribution is -2.30. The molecule has 214 valence electrons. The molecule has 3 N–H and O–H groups in total. The molecular weight excluding hydrogens is 550 g/mol. The van der Waals surface area contributed by atoms with E-state index < -0.39 is 11.8 Å². The first-order valence-corrected chi connectivity index (χ1v) is 14.2. The molecule has 0 bridgehead atoms. The van der Waals surface area contributed by atoms with Crippen molar-refractivity contribution in [3.8, 4) is 11.5 Å². The van der Waals surface area contributed by atoms with Crippen LogP contribution in [0.15, 0.2) is 114 Å². The summed E-state index contributed by atoms with van der Waals surface area (Å²) in [4.78, 5) is 39.6. The zero-order chi connectivity index (χ0) is 29.7. The zero-order valence-corrected chi connectivity index (χ0v) is 24.1. The van der Waals surface area contributed by atoms with Gasteiger partial charge in [0.05, 0.1) is 25.2 Å². The Kier molecular flexibility index (Phi) is 10.8. The molecule has 0 atom stereocenters. The number of nitrogens with one attached hydrogen (secondary N) is 3. The summed E-state index contributed by atoms with van der Waals surface area (Å²) in [5.41, 5.74) is 2.26. The number of hydrogen-bond acceptors (Lipinski definition) is 6. The fourth-order valence-electron chi connectivity index (χ4n) is 3.90. The van der Waals surface area contributed by atoms with E-state index in [1.165, 1.54) is 11.8 Å². The number of hydrogen-bond donors (Lipinski definition) is 3. The molecule has 42 heavy (non-hydrogen) atoms. The number of carbonyl (C=O) groups excluding carboxylic acids is 3. The monoisotopic (exact) mass is 581 g/mol. The molecule has 0 fully saturated rings. The van der Waals surface area contributed by atoms with Crippen molar-refractivity contribution in [2.24, 2.45) is 0 Å². The van der Waals surface area contributed by atoms with Gasteiger partial charge in [0.15, 0.2) is 0 Å². The van der Waals surface area contributed by atoms with E-state index >= 15 is 0 Å². The smallest absolute Gasteiger partial charge is 0.272 e. The molecule has 0 heterocycles. The summed E-state index contributed by atoms with van der Waals surface area (Å²) in [5.74, 6) is 0.298. The summed E-state index contributed by atoms with van der Waals surface area (Å²) in [6.07, 6.45) is 1.59. The summed E-state index contributed by atoms with van der Waals surface area (Å²) >= 11 is 1.36. The number of ether oxygens (including phenoxy) is 2. The van der Waals surface area contributed by atoms with Crippen molar-refractivity contribution in [2.75, 3.05) is 30.1 Å². The average Bonchev–Trinajstić information content (AvgIpc) is 3.02. The normalized spacial score (nSPS) is 10.9. The van der Waals surface area contributed by atoms with Crippen molar-refractivity contribution < 1.29 is 23.9 Å². The van der Waals surface area contributed by atoms with Gasteiger partial charge in [-0.05, 0) is 67.6 Å². The van der Waals surface area contributed by atoms with Gasteiger partial charge in [0.25, 0.3) is 11.8 Å². The second-order valence-corrected chi connectivity index (χ2v) is 9.91. The van der Waals surface area contributed by atoms with Crippen molar-refractivity contribution in [1.82, 2.24) is 5.32 Å². The van der Waals surface area contributed by atoms with Crippen LogP contribution in [0, 0.1) is 0 Å². The maximum Gasteiger partial charge on any atom is 0.272 e. The van der Waals surface area contributed by atoms with Gasteiger partial charge >= 0.3 is 0 Å². The minimum atomic E-state index is -0.498. The van der Waals surface area contributed by atoms with Gasteiger partial charge in [-0.15, -0.1) is 11.8 Å². The standard InChI is InChI=1S/C33H31N3O5S/c1-3-41-29-15-9-7-13-24(29)21-28(36-32(38)23-11-5-4-6-12-23)33(39)34-25-17-19-26(20-18-25)42-22-31(37)35-27-14-8-10-16-30(27)40-2/h4-21H,3,22H2,1-2H3,(H,34,39)(H,35,37)(H,36,38)/b28-21-. The number of benzene rings is 4. The first-order valence-electron chi connectivity index (χ1n) is 13.2. The number of anilines is 2. The van der Waals surface area contributed by atoms with E-state index in [1.54, 1.807) is 67.8 Å². The summed E-state index contributed by atoms with van der Waals surface area (Å²) in [6, 6.07) is 30.3. The van der Waals surface area contributed by atoms with E-state index in [2.05, 4.69) is 16.0 Å². The van der Waals surface area contributed by atoms with Gasteiger partial charge in [0, 0.05) is 21.7 Å². The number of methoxy groups -OCH3 is 1. The zero-order valence-electron chi connectivity index (χ0n) is 23.3. The van der Waals surface area contributed by atoms with Crippen LogP contribution in [0.1, 0.15) is 22.8 Å². The van der Waals surface area contributed by atoms with E-state index in [9.17, 15) is 14.4 Å². The molecule has 4 aromatic carbocycles. The van der Waals surface area contributed by atoms with Crippen molar-refractivity contribution in [3.05, 3.63) is 120 Å². The highest BCUT2D eigenvalue weighted by Crippen LogP contribution is 2.25. The molecule has 0 aliphatic carbocycles. The van der Waals surface area contributed by atoms with Gasteiger partial charge in [-0.1, -0.05) is 48.5 Å². The average molecular weight is 582 g/mol. The van der Waals surface area contributed by atoms with Crippen LogP contribution in [0.2, 0.25) is 0 Å². The number of carbonyl (C=O) groups is 3. The Morgan fingerprint density at radius 3 is 2.17 bits per heavy atom. The van der Waals surface area contributed by atoms with Crippen LogP contribution in [-0.2, 0) is 9.59 Å². The van der Waals surface area contributed by atoms with Crippen LogP contribution in [0.5, 0.6) is 11.5 Å². The van der Waals surface area contributed by atoms with Gasteiger partial charge in [-0.2, -0.15) is 0 Å². The van der Waals surface area contributed by atoms with Crippen molar-refractivity contribution in [3.63, 3.8) is 0 Å². The summed E-state index contributed by atoms with van der Waals surface area (Å²) in [6.45, 7) is 2.33. The van der Waals surface area contributed by atoms with Crippen molar-refractivity contribution >= 4 is 46.9 Å². The number of thioether (sulfide) groups is 1. The highest BCUT2D eigenvalue weighted by molar-refractivity contribution is 8.00. The van der Waals surface area contributed by atoms with Crippen molar-refractivity contribution in [2.45, 2.75) is 11.8 Å². The largest absolute Gasteiger partial charge is 0.495 e. The molecule has 0 aliphatic rings. The molecule has 0 spiro atoms. The fourth-order valence-corrected chi connectivity index (χ4v) is 4.60. The third-order valence-electron chi connectivity index (χ3n) is 5.91. The minimum absolute atomic E-state index is 0.0578. The number of para-hydroxylation sites is 3. The Morgan fingerprint density at radius 1 is 0.786 bits per heavy atom.